The molecular formula is C19H30O7. The van der Waals surface area contributed by atoms with Gasteiger partial charge in [-0.3, -0.25) is 0 Å². The van der Waals surface area contributed by atoms with Crippen LogP contribution >= 0.6 is 0 Å². The molecule has 0 saturated carbocycles. The fraction of sp³-hybridized carbons (Fsp3) is 0.842. The molecule has 3 rings (SSSR count). The molecule has 3 heterocycles. The Morgan fingerprint density at radius 3 is 2.38 bits per heavy atom. The Kier molecular flexibility index (Phi) is 4.99. The molecule has 0 aromatic heterocycles. The minimum atomic E-state index is -1.21. The second-order valence-corrected chi connectivity index (χ2v) is 8.47. The van der Waals surface area contributed by atoms with Crippen molar-refractivity contribution < 1.29 is 33.2 Å². The summed E-state index contributed by atoms with van der Waals surface area (Å²) in [6, 6.07) is 0. The first-order valence-corrected chi connectivity index (χ1v) is 9.16. The van der Waals surface area contributed by atoms with E-state index in [0.717, 1.165) is 0 Å². The number of carbonyl (C=O) groups is 1. The Balaban J connectivity index is 1.88. The van der Waals surface area contributed by atoms with Crippen molar-refractivity contribution in [2.24, 2.45) is 5.92 Å². The van der Waals surface area contributed by atoms with Crippen LogP contribution in [0.1, 0.15) is 48.5 Å². The van der Waals surface area contributed by atoms with Crippen LogP contribution in [0.3, 0.4) is 0 Å². The maximum Gasteiger partial charge on any atom is 0.333 e. The molecular weight excluding hydrogens is 340 g/mol. The van der Waals surface area contributed by atoms with E-state index in [1.54, 1.807) is 20.8 Å². The van der Waals surface area contributed by atoms with Gasteiger partial charge in [0.25, 0.3) is 0 Å². The zero-order chi connectivity index (χ0) is 19.3. The number of hydrogen-bond donors (Lipinski definition) is 0. The number of allylic oxidation sites excluding steroid dienone is 1. The van der Waals surface area contributed by atoms with Crippen molar-refractivity contribution in [3.63, 3.8) is 0 Å². The van der Waals surface area contributed by atoms with Gasteiger partial charge in [-0.2, -0.15) is 0 Å². The van der Waals surface area contributed by atoms with Crippen LogP contribution in [0.4, 0.5) is 0 Å². The van der Waals surface area contributed by atoms with Gasteiger partial charge < -0.3 is 28.4 Å². The molecule has 4 atom stereocenters. The second-order valence-electron chi connectivity index (χ2n) is 8.47. The summed E-state index contributed by atoms with van der Waals surface area (Å²) >= 11 is 0. The van der Waals surface area contributed by atoms with E-state index >= 15 is 0 Å². The van der Waals surface area contributed by atoms with Gasteiger partial charge in [-0.05, 0) is 40.5 Å². The number of carbonyl (C=O) groups excluding carboxylic acids is 1. The number of fused-ring (bicyclic) bond motifs is 1. The molecule has 0 bridgehead atoms. The number of esters is 1. The summed E-state index contributed by atoms with van der Waals surface area (Å²) in [5.41, 5.74) is 0.536. The smallest absolute Gasteiger partial charge is 0.333 e. The second kappa shape index (κ2) is 6.56. The standard InChI is InChI=1S/C19H30O7/c1-11(2)8-12(3)16(20)23-15-14-13(24-18(6,7)25-14)9-21-19(15)10-22-17(4,5)26-19/h8,11,13-15H,9-10H2,1-7H3/b12-8+/t13-,14-,15+,19-/m1/s1. The SMILES string of the molecule is C/C(=C\C(C)C)C(=O)O[C@H]1[C@@H]2OC(C)(C)O[C@@H]2CO[C@@]12COC(C)(C)O2. The summed E-state index contributed by atoms with van der Waals surface area (Å²) in [6.07, 6.45) is 0.234. The van der Waals surface area contributed by atoms with Gasteiger partial charge in [0.15, 0.2) is 17.7 Å². The number of ether oxygens (including phenoxy) is 6. The molecule has 1 spiro atoms. The molecule has 3 fully saturated rings. The normalized spacial score (nSPS) is 38.6. The van der Waals surface area contributed by atoms with Crippen LogP contribution in [0.25, 0.3) is 0 Å². The highest BCUT2D eigenvalue weighted by Crippen LogP contribution is 2.45. The highest BCUT2D eigenvalue weighted by molar-refractivity contribution is 5.88. The Hall–Kier alpha value is -0.990. The van der Waals surface area contributed by atoms with Crippen LogP contribution in [0, 0.1) is 5.92 Å². The molecule has 0 radical (unpaired) electrons. The summed E-state index contributed by atoms with van der Waals surface area (Å²) in [4.78, 5) is 12.7. The van der Waals surface area contributed by atoms with Crippen molar-refractivity contribution in [1.29, 1.82) is 0 Å². The summed E-state index contributed by atoms with van der Waals surface area (Å²) in [7, 11) is 0. The molecule has 0 unspecified atom stereocenters. The van der Waals surface area contributed by atoms with Gasteiger partial charge in [0.05, 0.1) is 6.61 Å². The first kappa shape index (κ1) is 19.8. The number of hydrogen-bond acceptors (Lipinski definition) is 7. The van der Waals surface area contributed by atoms with E-state index in [1.807, 2.05) is 33.8 Å². The minimum absolute atomic E-state index is 0.151. The van der Waals surface area contributed by atoms with E-state index in [-0.39, 0.29) is 25.2 Å². The molecule has 148 valence electrons. The maximum absolute atomic E-state index is 12.7. The average Bonchev–Trinajstić information content (AvgIpc) is 2.97. The third-order valence-corrected chi connectivity index (χ3v) is 4.62. The molecule has 0 aromatic carbocycles. The zero-order valence-electron chi connectivity index (χ0n) is 16.7. The molecule has 3 saturated heterocycles. The average molecular weight is 370 g/mol. The predicted octanol–water partition coefficient (Wildman–Crippen LogP) is 2.53. The molecule has 3 aliphatic heterocycles. The highest BCUT2D eigenvalue weighted by Gasteiger charge is 2.64. The summed E-state index contributed by atoms with van der Waals surface area (Å²) in [6.45, 7) is 13.4. The van der Waals surface area contributed by atoms with Crippen molar-refractivity contribution in [1.82, 2.24) is 0 Å². The lowest BCUT2D eigenvalue weighted by molar-refractivity contribution is -0.328. The largest absolute Gasteiger partial charge is 0.450 e. The number of rotatable bonds is 3. The third-order valence-electron chi connectivity index (χ3n) is 4.62. The highest BCUT2D eigenvalue weighted by atomic mass is 16.9. The lowest BCUT2D eigenvalue weighted by Crippen LogP contribution is -2.63. The van der Waals surface area contributed by atoms with Gasteiger partial charge >= 0.3 is 5.97 Å². The fourth-order valence-corrected chi connectivity index (χ4v) is 3.70. The van der Waals surface area contributed by atoms with Crippen molar-refractivity contribution >= 4 is 5.97 Å². The zero-order valence-corrected chi connectivity index (χ0v) is 16.7. The quantitative estimate of drug-likeness (QED) is 0.558. The molecule has 3 aliphatic rings. The minimum Gasteiger partial charge on any atom is -0.450 e. The van der Waals surface area contributed by atoms with Crippen molar-refractivity contribution in [2.75, 3.05) is 13.2 Å². The Morgan fingerprint density at radius 2 is 1.81 bits per heavy atom. The Bertz CT molecular complexity index is 593. The lowest BCUT2D eigenvalue weighted by Gasteiger charge is -2.43. The van der Waals surface area contributed by atoms with Gasteiger partial charge in [-0.1, -0.05) is 19.9 Å². The molecule has 7 heteroatoms. The molecule has 26 heavy (non-hydrogen) atoms. The fourth-order valence-electron chi connectivity index (χ4n) is 3.70. The van der Waals surface area contributed by atoms with Gasteiger partial charge in [0.1, 0.15) is 18.8 Å². The molecule has 7 nitrogen and oxygen atoms in total. The van der Waals surface area contributed by atoms with Crippen LogP contribution in [0.5, 0.6) is 0 Å². The first-order chi connectivity index (χ1) is 11.9. The van der Waals surface area contributed by atoms with Crippen molar-refractivity contribution in [3.05, 3.63) is 11.6 Å². The van der Waals surface area contributed by atoms with Crippen LogP contribution in [-0.4, -0.2) is 54.9 Å². The predicted molar refractivity (Wildman–Crippen MR) is 92.1 cm³/mol. The van der Waals surface area contributed by atoms with Gasteiger partial charge in [0.2, 0.25) is 5.79 Å². The van der Waals surface area contributed by atoms with Gasteiger partial charge in [-0.25, -0.2) is 4.79 Å². The topological polar surface area (TPSA) is 72.5 Å². The summed E-state index contributed by atoms with van der Waals surface area (Å²) in [5.74, 6) is -3.01. The molecule has 0 amide bonds. The van der Waals surface area contributed by atoms with E-state index in [1.165, 1.54) is 0 Å². The molecule has 0 aliphatic carbocycles. The third kappa shape index (κ3) is 3.82. The van der Waals surface area contributed by atoms with Crippen molar-refractivity contribution in [2.45, 2.75) is 84.1 Å². The summed E-state index contributed by atoms with van der Waals surface area (Å²) in [5, 5.41) is 0. The van der Waals surface area contributed by atoms with E-state index in [0.29, 0.717) is 5.57 Å². The van der Waals surface area contributed by atoms with Crippen LogP contribution in [-0.2, 0) is 33.2 Å². The first-order valence-electron chi connectivity index (χ1n) is 9.16. The van der Waals surface area contributed by atoms with Crippen LogP contribution < -0.4 is 0 Å². The van der Waals surface area contributed by atoms with Gasteiger partial charge in [0, 0.05) is 5.57 Å². The van der Waals surface area contributed by atoms with Crippen LogP contribution in [0.15, 0.2) is 11.6 Å². The van der Waals surface area contributed by atoms with E-state index in [4.69, 9.17) is 28.4 Å². The summed E-state index contributed by atoms with van der Waals surface area (Å²) < 4.78 is 35.6. The molecule has 0 aromatic rings. The van der Waals surface area contributed by atoms with Crippen molar-refractivity contribution in [3.8, 4) is 0 Å². The maximum atomic E-state index is 12.7. The van der Waals surface area contributed by atoms with E-state index in [2.05, 4.69) is 0 Å². The van der Waals surface area contributed by atoms with Crippen LogP contribution in [0.2, 0.25) is 0 Å². The Labute approximate surface area is 154 Å². The van der Waals surface area contributed by atoms with Gasteiger partial charge in [-0.15, -0.1) is 0 Å². The Morgan fingerprint density at radius 1 is 1.12 bits per heavy atom. The monoisotopic (exact) mass is 370 g/mol. The van der Waals surface area contributed by atoms with E-state index < -0.39 is 35.5 Å². The molecule has 0 N–H and O–H groups in total. The lowest BCUT2D eigenvalue weighted by atomic mass is 9.97. The van der Waals surface area contributed by atoms with E-state index in [9.17, 15) is 4.79 Å².